The van der Waals surface area contributed by atoms with Crippen molar-refractivity contribution < 1.29 is 14.0 Å². The lowest BCUT2D eigenvalue weighted by atomic mass is 10.1. The standard InChI is InChI=1S/C22H26ClFN2O2/c1-3-4-12-25-22(28)16(2)26(15-17-8-10-20(24)11-9-17)21(27)14-18-6-5-7-19(23)13-18/h5-11,13,16H,3-4,12,14-15H2,1-2H3,(H,25,28). The molecular weight excluding hydrogens is 379 g/mol. The van der Waals surface area contributed by atoms with Crippen LogP contribution < -0.4 is 5.32 Å². The van der Waals surface area contributed by atoms with Crippen LogP contribution in [0.1, 0.15) is 37.8 Å². The minimum absolute atomic E-state index is 0.133. The summed E-state index contributed by atoms with van der Waals surface area (Å²) in [6, 6.07) is 12.4. The predicted octanol–water partition coefficient (Wildman–Crippen LogP) is 4.36. The molecule has 4 nitrogen and oxygen atoms in total. The van der Waals surface area contributed by atoms with E-state index in [2.05, 4.69) is 5.32 Å². The molecule has 0 aliphatic carbocycles. The molecule has 0 saturated heterocycles. The quantitative estimate of drug-likeness (QED) is 0.631. The first-order valence-electron chi connectivity index (χ1n) is 9.46. The van der Waals surface area contributed by atoms with Crippen LogP contribution in [0.25, 0.3) is 0 Å². The number of hydrogen-bond donors (Lipinski definition) is 1. The zero-order valence-electron chi connectivity index (χ0n) is 16.3. The lowest BCUT2D eigenvalue weighted by Gasteiger charge is -2.29. The molecule has 28 heavy (non-hydrogen) atoms. The molecule has 0 bridgehead atoms. The largest absolute Gasteiger partial charge is 0.354 e. The number of unbranched alkanes of at least 4 members (excludes halogenated alkanes) is 1. The van der Waals surface area contributed by atoms with E-state index in [0.717, 1.165) is 24.0 Å². The number of nitrogens with zero attached hydrogens (tertiary/aromatic N) is 1. The molecule has 2 aromatic carbocycles. The van der Waals surface area contributed by atoms with Gasteiger partial charge in [0, 0.05) is 18.1 Å². The zero-order valence-corrected chi connectivity index (χ0v) is 17.0. The van der Waals surface area contributed by atoms with Gasteiger partial charge >= 0.3 is 0 Å². The fourth-order valence-corrected chi connectivity index (χ4v) is 3.04. The number of halogens is 2. The van der Waals surface area contributed by atoms with Crippen molar-refractivity contribution in [2.75, 3.05) is 6.54 Å². The summed E-state index contributed by atoms with van der Waals surface area (Å²) in [6.45, 7) is 4.56. The summed E-state index contributed by atoms with van der Waals surface area (Å²) in [5.74, 6) is -0.731. The van der Waals surface area contributed by atoms with E-state index in [-0.39, 0.29) is 30.6 Å². The Hall–Kier alpha value is -2.40. The van der Waals surface area contributed by atoms with Gasteiger partial charge in [-0.2, -0.15) is 0 Å². The molecule has 1 N–H and O–H groups in total. The maximum Gasteiger partial charge on any atom is 0.242 e. The fraction of sp³-hybridized carbons (Fsp3) is 0.364. The Bertz CT molecular complexity index is 795. The van der Waals surface area contributed by atoms with E-state index in [1.807, 2.05) is 13.0 Å². The second-order valence-corrected chi connectivity index (χ2v) is 7.21. The third-order valence-electron chi connectivity index (χ3n) is 4.51. The SMILES string of the molecule is CCCCNC(=O)C(C)N(Cc1ccc(F)cc1)C(=O)Cc1cccc(Cl)c1. The van der Waals surface area contributed by atoms with Crippen molar-refractivity contribution >= 4 is 23.4 Å². The second kappa shape index (κ2) is 10.8. The molecule has 0 radical (unpaired) electrons. The van der Waals surface area contributed by atoms with Crippen molar-refractivity contribution in [3.05, 3.63) is 70.5 Å². The van der Waals surface area contributed by atoms with E-state index in [1.54, 1.807) is 37.3 Å². The molecule has 0 aliphatic heterocycles. The normalized spacial score (nSPS) is 11.7. The smallest absolute Gasteiger partial charge is 0.242 e. The molecule has 2 amide bonds. The van der Waals surface area contributed by atoms with E-state index in [0.29, 0.717) is 11.6 Å². The number of hydrogen-bond acceptors (Lipinski definition) is 2. The summed E-state index contributed by atoms with van der Waals surface area (Å²) in [5, 5.41) is 3.43. The summed E-state index contributed by atoms with van der Waals surface area (Å²) >= 11 is 6.01. The third kappa shape index (κ3) is 6.64. The molecule has 2 aromatic rings. The number of carbonyl (C=O) groups excluding carboxylic acids is 2. The number of rotatable bonds is 9. The van der Waals surface area contributed by atoms with Crippen LogP contribution >= 0.6 is 11.6 Å². The van der Waals surface area contributed by atoms with Crippen LogP contribution in [-0.2, 0) is 22.6 Å². The third-order valence-corrected chi connectivity index (χ3v) is 4.74. The first-order valence-corrected chi connectivity index (χ1v) is 9.84. The summed E-state index contributed by atoms with van der Waals surface area (Å²) in [5.41, 5.74) is 1.54. The van der Waals surface area contributed by atoms with Crippen molar-refractivity contribution in [3.63, 3.8) is 0 Å². The minimum atomic E-state index is -0.645. The van der Waals surface area contributed by atoms with E-state index in [1.165, 1.54) is 17.0 Å². The molecule has 1 unspecified atom stereocenters. The van der Waals surface area contributed by atoms with Crippen LogP contribution in [-0.4, -0.2) is 29.3 Å². The van der Waals surface area contributed by atoms with Gasteiger partial charge in [-0.15, -0.1) is 0 Å². The maximum absolute atomic E-state index is 13.2. The van der Waals surface area contributed by atoms with Gasteiger partial charge in [0.05, 0.1) is 6.42 Å². The molecule has 0 saturated carbocycles. The highest BCUT2D eigenvalue weighted by molar-refractivity contribution is 6.30. The highest BCUT2D eigenvalue weighted by atomic mass is 35.5. The van der Waals surface area contributed by atoms with Crippen molar-refractivity contribution in [1.29, 1.82) is 0 Å². The highest BCUT2D eigenvalue weighted by Crippen LogP contribution is 2.15. The van der Waals surface area contributed by atoms with Gasteiger partial charge in [-0.1, -0.05) is 49.2 Å². The Morgan fingerprint density at radius 3 is 2.50 bits per heavy atom. The maximum atomic E-state index is 13.2. The van der Waals surface area contributed by atoms with Crippen LogP contribution in [0.5, 0.6) is 0 Å². The molecule has 0 heterocycles. The van der Waals surface area contributed by atoms with Gasteiger partial charge < -0.3 is 10.2 Å². The van der Waals surface area contributed by atoms with Crippen LogP contribution in [0, 0.1) is 5.82 Å². The van der Waals surface area contributed by atoms with E-state index >= 15 is 0 Å². The minimum Gasteiger partial charge on any atom is -0.354 e. The summed E-state index contributed by atoms with van der Waals surface area (Å²) < 4.78 is 13.2. The van der Waals surface area contributed by atoms with Gasteiger partial charge in [0.2, 0.25) is 11.8 Å². The van der Waals surface area contributed by atoms with Gasteiger partial charge in [-0.05, 0) is 48.7 Å². The van der Waals surface area contributed by atoms with Gasteiger partial charge in [0.15, 0.2) is 0 Å². The van der Waals surface area contributed by atoms with Crippen LogP contribution in [0.4, 0.5) is 4.39 Å². The highest BCUT2D eigenvalue weighted by Gasteiger charge is 2.26. The summed E-state index contributed by atoms with van der Waals surface area (Å²) in [4.78, 5) is 27.1. The van der Waals surface area contributed by atoms with Crippen molar-refractivity contribution in [2.24, 2.45) is 0 Å². The molecule has 150 valence electrons. The van der Waals surface area contributed by atoms with Crippen molar-refractivity contribution in [3.8, 4) is 0 Å². The van der Waals surface area contributed by atoms with E-state index in [4.69, 9.17) is 11.6 Å². The number of carbonyl (C=O) groups is 2. The molecule has 6 heteroatoms. The Morgan fingerprint density at radius 1 is 1.14 bits per heavy atom. The lowest BCUT2D eigenvalue weighted by molar-refractivity contribution is -0.140. The number of amides is 2. The Balaban J connectivity index is 2.17. The molecule has 0 aromatic heterocycles. The Morgan fingerprint density at radius 2 is 1.86 bits per heavy atom. The average Bonchev–Trinajstić information content (AvgIpc) is 2.67. The lowest BCUT2D eigenvalue weighted by Crippen LogP contribution is -2.48. The first kappa shape index (κ1) is 21.9. The number of benzene rings is 2. The monoisotopic (exact) mass is 404 g/mol. The van der Waals surface area contributed by atoms with E-state index < -0.39 is 6.04 Å². The molecule has 0 aliphatic rings. The first-order chi connectivity index (χ1) is 13.4. The van der Waals surface area contributed by atoms with Gasteiger partial charge in [-0.3, -0.25) is 9.59 Å². The molecule has 1 atom stereocenters. The van der Waals surface area contributed by atoms with Gasteiger partial charge in [-0.25, -0.2) is 4.39 Å². The molecular formula is C22H26ClFN2O2. The van der Waals surface area contributed by atoms with Crippen LogP contribution in [0.15, 0.2) is 48.5 Å². The van der Waals surface area contributed by atoms with Crippen LogP contribution in [0.3, 0.4) is 0 Å². The predicted molar refractivity (Wildman–Crippen MR) is 109 cm³/mol. The Labute approximate surface area is 170 Å². The van der Waals surface area contributed by atoms with Gasteiger partial charge in [0.1, 0.15) is 11.9 Å². The van der Waals surface area contributed by atoms with Crippen LogP contribution in [0.2, 0.25) is 5.02 Å². The molecule has 2 rings (SSSR count). The topological polar surface area (TPSA) is 49.4 Å². The van der Waals surface area contributed by atoms with E-state index in [9.17, 15) is 14.0 Å². The van der Waals surface area contributed by atoms with Crippen molar-refractivity contribution in [1.82, 2.24) is 10.2 Å². The van der Waals surface area contributed by atoms with Gasteiger partial charge in [0.25, 0.3) is 0 Å². The summed E-state index contributed by atoms with van der Waals surface area (Å²) in [7, 11) is 0. The molecule has 0 fully saturated rings. The Kier molecular flexibility index (Phi) is 8.45. The average molecular weight is 405 g/mol. The second-order valence-electron chi connectivity index (χ2n) is 6.78. The molecule has 0 spiro atoms. The zero-order chi connectivity index (χ0) is 20.5. The summed E-state index contributed by atoms with van der Waals surface area (Å²) in [6.07, 6.45) is 1.99. The fourth-order valence-electron chi connectivity index (χ4n) is 2.83. The number of nitrogens with one attached hydrogen (secondary N) is 1. The van der Waals surface area contributed by atoms with Crippen molar-refractivity contribution in [2.45, 2.75) is 45.7 Å².